The molecule has 0 N–H and O–H groups in total. The van der Waals surface area contributed by atoms with E-state index in [1.807, 2.05) is 37.3 Å². The highest BCUT2D eigenvalue weighted by Gasteiger charge is 2.02. The molecule has 1 aromatic rings. The average molecular weight is 190 g/mol. The Morgan fingerprint density at radius 2 is 2.07 bits per heavy atom. The van der Waals surface area contributed by atoms with Gasteiger partial charge >= 0.3 is 5.97 Å². The number of hydrogen-bond donors (Lipinski definition) is 0. The molecule has 14 heavy (non-hydrogen) atoms. The lowest BCUT2D eigenvalue weighted by atomic mass is 10.2. The maximum absolute atomic E-state index is 11.0. The summed E-state index contributed by atoms with van der Waals surface area (Å²) >= 11 is 0. The van der Waals surface area contributed by atoms with Gasteiger partial charge in [-0.2, -0.15) is 0 Å². The summed E-state index contributed by atoms with van der Waals surface area (Å²) in [6.45, 7) is 2.33. The number of unbranched alkanes of at least 4 members (excludes halogenated alkanes) is 1. The second-order valence-electron chi connectivity index (χ2n) is 2.99. The average Bonchev–Trinajstić information content (AvgIpc) is 2.25. The minimum Gasteiger partial charge on any atom is -0.460 e. The predicted molar refractivity (Wildman–Crippen MR) is 54.4 cm³/mol. The van der Waals surface area contributed by atoms with Gasteiger partial charge in [-0.05, 0) is 12.0 Å². The fraction of sp³-hybridized carbons (Fsp3) is 0.333. The summed E-state index contributed by atoms with van der Waals surface area (Å²) in [5.74, 6) is -0.351. The quantitative estimate of drug-likeness (QED) is 0.667. The second-order valence-corrected chi connectivity index (χ2v) is 2.99. The van der Waals surface area contributed by atoms with Crippen LogP contribution in [0.1, 0.15) is 25.3 Å². The number of esters is 1. The Bertz CT molecular complexity index is 267. The number of hydrogen-bond acceptors (Lipinski definition) is 2. The Hall–Kier alpha value is -1.31. The lowest BCUT2D eigenvalue weighted by Crippen LogP contribution is -2.04. The summed E-state index contributed by atoms with van der Waals surface area (Å²) in [5.41, 5.74) is 0.999. The van der Waals surface area contributed by atoms with Crippen molar-refractivity contribution in [3.8, 4) is 0 Å². The largest absolute Gasteiger partial charge is 0.460 e. The van der Waals surface area contributed by atoms with Gasteiger partial charge < -0.3 is 4.74 Å². The van der Waals surface area contributed by atoms with Crippen LogP contribution in [0, 0.1) is 6.42 Å². The summed E-state index contributed by atoms with van der Waals surface area (Å²) < 4.78 is 4.98. The molecule has 0 unspecified atom stereocenters. The van der Waals surface area contributed by atoms with Gasteiger partial charge in [-0.3, -0.25) is 4.79 Å². The molecule has 2 radical (unpaired) electrons. The fourth-order valence-electron chi connectivity index (χ4n) is 1.00. The van der Waals surface area contributed by atoms with Crippen LogP contribution in [0.2, 0.25) is 0 Å². The van der Waals surface area contributed by atoms with E-state index in [9.17, 15) is 4.79 Å². The fourth-order valence-corrected chi connectivity index (χ4v) is 1.00. The van der Waals surface area contributed by atoms with E-state index in [0.717, 1.165) is 12.0 Å². The number of carbonyl (C=O) groups is 1. The third-order valence-corrected chi connectivity index (χ3v) is 1.73. The first-order valence-corrected chi connectivity index (χ1v) is 4.77. The van der Waals surface area contributed by atoms with Crippen molar-refractivity contribution < 1.29 is 9.53 Å². The van der Waals surface area contributed by atoms with Crippen molar-refractivity contribution in [1.29, 1.82) is 0 Å². The summed E-state index contributed by atoms with van der Waals surface area (Å²) in [5, 5.41) is 0. The zero-order valence-electron chi connectivity index (χ0n) is 8.32. The molecule has 74 valence electrons. The first kappa shape index (κ1) is 10.8. The molecule has 0 saturated heterocycles. The van der Waals surface area contributed by atoms with Gasteiger partial charge in [0, 0.05) is 0 Å². The molecule has 1 rings (SSSR count). The molecule has 0 aliphatic rings. The highest BCUT2D eigenvalue weighted by Crippen LogP contribution is 2.02. The highest BCUT2D eigenvalue weighted by atomic mass is 16.5. The molecule has 2 nitrogen and oxygen atoms in total. The van der Waals surface area contributed by atoms with Crippen molar-refractivity contribution in [2.24, 2.45) is 0 Å². The second kappa shape index (κ2) is 6.19. The molecule has 0 atom stereocenters. The van der Waals surface area contributed by atoms with Crippen LogP contribution in [-0.4, -0.2) is 5.97 Å². The zero-order valence-corrected chi connectivity index (χ0v) is 8.32. The SMILES string of the molecule is CCC[C]C(=O)OCc1ccccc1. The number of carbonyl (C=O) groups excluding carboxylic acids is 1. The maximum atomic E-state index is 11.0. The van der Waals surface area contributed by atoms with E-state index in [4.69, 9.17) is 4.74 Å². The molecular weight excluding hydrogens is 176 g/mol. The molecular formula is C12H14O2. The van der Waals surface area contributed by atoms with Crippen LogP contribution in [0.4, 0.5) is 0 Å². The van der Waals surface area contributed by atoms with E-state index in [1.54, 1.807) is 0 Å². The van der Waals surface area contributed by atoms with Crippen LogP contribution in [0.3, 0.4) is 0 Å². The molecule has 0 amide bonds. The van der Waals surface area contributed by atoms with E-state index in [-0.39, 0.29) is 5.97 Å². The van der Waals surface area contributed by atoms with E-state index < -0.39 is 0 Å². The van der Waals surface area contributed by atoms with Crippen LogP contribution in [0.15, 0.2) is 30.3 Å². The summed E-state index contributed by atoms with van der Waals surface area (Å²) in [4.78, 5) is 11.0. The number of rotatable bonds is 5. The van der Waals surface area contributed by atoms with Crippen LogP contribution >= 0.6 is 0 Å². The lowest BCUT2D eigenvalue weighted by Gasteiger charge is -2.03. The summed E-state index contributed by atoms with van der Waals surface area (Å²) in [6, 6.07) is 9.62. The first-order valence-electron chi connectivity index (χ1n) is 4.77. The summed E-state index contributed by atoms with van der Waals surface area (Å²) in [6.07, 6.45) is 4.22. The molecule has 0 saturated carbocycles. The van der Waals surface area contributed by atoms with E-state index in [0.29, 0.717) is 13.0 Å². The molecule has 0 aliphatic heterocycles. The zero-order chi connectivity index (χ0) is 10.2. The standard InChI is InChI=1S/C12H14O2/c1-2-3-9-12(13)14-10-11-7-5-4-6-8-11/h4-8H,2-3,10H2,1H3. The highest BCUT2D eigenvalue weighted by molar-refractivity contribution is 5.78. The van der Waals surface area contributed by atoms with Gasteiger partial charge in [-0.15, -0.1) is 0 Å². The molecule has 0 fully saturated rings. The molecule has 0 heterocycles. The number of ether oxygens (including phenoxy) is 1. The Morgan fingerprint density at radius 3 is 2.71 bits per heavy atom. The van der Waals surface area contributed by atoms with Gasteiger partial charge in [0.1, 0.15) is 13.0 Å². The Morgan fingerprint density at radius 1 is 1.36 bits per heavy atom. The van der Waals surface area contributed by atoms with Gasteiger partial charge in [0.05, 0.1) is 0 Å². The molecule has 1 aromatic carbocycles. The predicted octanol–water partition coefficient (Wildman–Crippen LogP) is 2.61. The molecule has 0 aromatic heterocycles. The molecule has 0 bridgehead atoms. The first-order chi connectivity index (χ1) is 6.83. The van der Waals surface area contributed by atoms with Crippen molar-refractivity contribution in [1.82, 2.24) is 0 Å². The van der Waals surface area contributed by atoms with Gasteiger partial charge in [0.2, 0.25) is 0 Å². The Kier molecular flexibility index (Phi) is 4.76. The van der Waals surface area contributed by atoms with E-state index >= 15 is 0 Å². The minimum atomic E-state index is -0.351. The van der Waals surface area contributed by atoms with Gasteiger partial charge in [0.15, 0.2) is 0 Å². The molecule has 0 aliphatic carbocycles. The van der Waals surface area contributed by atoms with Crippen molar-refractivity contribution in [2.75, 3.05) is 0 Å². The Labute approximate surface area is 84.9 Å². The van der Waals surface area contributed by atoms with Crippen LogP contribution < -0.4 is 0 Å². The van der Waals surface area contributed by atoms with Crippen molar-refractivity contribution in [3.05, 3.63) is 42.3 Å². The van der Waals surface area contributed by atoms with Gasteiger partial charge in [-0.25, -0.2) is 0 Å². The van der Waals surface area contributed by atoms with Crippen LogP contribution in [0.25, 0.3) is 0 Å². The third-order valence-electron chi connectivity index (χ3n) is 1.73. The topological polar surface area (TPSA) is 26.3 Å². The van der Waals surface area contributed by atoms with E-state index in [2.05, 4.69) is 6.42 Å². The van der Waals surface area contributed by atoms with Crippen molar-refractivity contribution in [2.45, 2.75) is 26.4 Å². The molecule has 0 spiro atoms. The lowest BCUT2D eigenvalue weighted by molar-refractivity contribution is -0.140. The smallest absolute Gasteiger partial charge is 0.314 e. The third kappa shape index (κ3) is 4.08. The van der Waals surface area contributed by atoms with Crippen molar-refractivity contribution >= 4 is 5.97 Å². The molecule has 2 heteroatoms. The van der Waals surface area contributed by atoms with Crippen molar-refractivity contribution in [3.63, 3.8) is 0 Å². The van der Waals surface area contributed by atoms with Gasteiger partial charge in [-0.1, -0.05) is 43.7 Å². The number of benzene rings is 1. The normalized spacial score (nSPS) is 9.79. The van der Waals surface area contributed by atoms with Crippen LogP contribution in [-0.2, 0) is 16.1 Å². The van der Waals surface area contributed by atoms with Gasteiger partial charge in [0.25, 0.3) is 0 Å². The minimum absolute atomic E-state index is 0.330. The van der Waals surface area contributed by atoms with Crippen LogP contribution in [0.5, 0.6) is 0 Å². The summed E-state index contributed by atoms with van der Waals surface area (Å²) in [7, 11) is 0. The maximum Gasteiger partial charge on any atom is 0.314 e. The Balaban J connectivity index is 2.24. The van der Waals surface area contributed by atoms with E-state index in [1.165, 1.54) is 0 Å². The monoisotopic (exact) mass is 190 g/mol.